The number of Topliss-reactive ketones (excluding diaryl/α,β-unsaturated/α-hetero) is 1. The van der Waals surface area contributed by atoms with Gasteiger partial charge in [-0.3, -0.25) is 18.7 Å². The highest BCUT2D eigenvalue weighted by molar-refractivity contribution is 7.99. The summed E-state index contributed by atoms with van der Waals surface area (Å²) >= 11 is 8.45. The monoisotopic (exact) mass is 492 g/mol. The molecule has 5 rings (SSSR count). The summed E-state index contributed by atoms with van der Waals surface area (Å²) in [5.41, 5.74) is 2.32. The summed E-state index contributed by atoms with van der Waals surface area (Å²) in [6, 6.07) is 24.2. The molecule has 0 aliphatic heterocycles. The molecule has 33 heavy (non-hydrogen) atoms. The highest BCUT2D eigenvalue weighted by atomic mass is 35.5. The van der Waals surface area contributed by atoms with Crippen LogP contribution in [0, 0.1) is 0 Å². The Kier molecular flexibility index (Phi) is 6.13. The predicted molar refractivity (Wildman–Crippen MR) is 133 cm³/mol. The van der Waals surface area contributed by atoms with E-state index in [0.717, 1.165) is 15.9 Å². The Hall–Kier alpha value is -3.20. The van der Waals surface area contributed by atoms with Crippen LogP contribution in [-0.2, 0) is 6.54 Å². The molecule has 2 aromatic heterocycles. The normalized spacial score (nSPS) is 11.2. The highest BCUT2D eigenvalue weighted by Crippen LogP contribution is 2.25. The maximum atomic E-state index is 12.7. The first-order valence-corrected chi connectivity index (χ1v) is 12.3. The average molecular weight is 493 g/mol. The zero-order valence-corrected chi connectivity index (χ0v) is 19.6. The van der Waals surface area contributed by atoms with Crippen LogP contribution < -0.4 is 4.87 Å². The van der Waals surface area contributed by atoms with Gasteiger partial charge < -0.3 is 0 Å². The molecule has 0 fully saturated rings. The lowest BCUT2D eigenvalue weighted by Gasteiger charge is -2.11. The Morgan fingerprint density at radius 3 is 2.45 bits per heavy atom. The summed E-state index contributed by atoms with van der Waals surface area (Å²) in [4.78, 5) is 25.3. The van der Waals surface area contributed by atoms with Crippen molar-refractivity contribution in [3.8, 4) is 5.69 Å². The fourth-order valence-corrected chi connectivity index (χ4v) is 5.37. The maximum absolute atomic E-state index is 12.7. The minimum Gasteiger partial charge on any atom is -0.293 e. The number of fused-ring (bicyclic) bond motifs is 1. The first-order chi connectivity index (χ1) is 16.1. The molecule has 0 saturated carbocycles. The zero-order valence-electron chi connectivity index (χ0n) is 17.2. The van der Waals surface area contributed by atoms with Crippen molar-refractivity contribution < 1.29 is 4.79 Å². The van der Waals surface area contributed by atoms with Crippen LogP contribution in [0.5, 0.6) is 0 Å². The molecule has 3 aromatic carbocycles. The van der Waals surface area contributed by atoms with Crippen LogP contribution in [0.4, 0.5) is 0 Å². The molecule has 164 valence electrons. The number of aromatic nitrogens is 4. The van der Waals surface area contributed by atoms with Gasteiger partial charge in [-0.15, -0.1) is 10.2 Å². The molecule has 2 heterocycles. The molecule has 0 radical (unpaired) electrons. The molecular weight excluding hydrogens is 476 g/mol. The van der Waals surface area contributed by atoms with Crippen LogP contribution in [0.3, 0.4) is 0 Å². The summed E-state index contributed by atoms with van der Waals surface area (Å²) in [5, 5.41) is 9.91. The smallest absolute Gasteiger partial charge is 0.293 e. The Balaban J connectivity index is 1.48. The highest BCUT2D eigenvalue weighted by Gasteiger charge is 2.18. The second-order valence-electron chi connectivity index (χ2n) is 7.21. The van der Waals surface area contributed by atoms with Crippen molar-refractivity contribution in [2.24, 2.45) is 0 Å². The molecule has 0 bridgehead atoms. The van der Waals surface area contributed by atoms with E-state index in [1.807, 2.05) is 59.2 Å². The first kappa shape index (κ1) is 21.6. The fourth-order valence-electron chi connectivity index (χ4n) is 3.49. The summed E-state index contributed by atoms with van der Waals surface area (Å²) in [6.45, 7) is 0.274. The van der Waals surface area contributed by atoms with E-state index < -0.39 is 0 Å². The molecule has 0 spiro atoms. The standard InChI is InChI=1S/C24H17ClN4O2S2/c25-17-12-10-16(11-13-17)20(30)15-32-23-27-26-22(29(23)18-6-2-1-3-7-18)14-28-19-8-4-5-9-21(19)33-24(28)31/h1-13H,14-15H2. The molecule has 0 N–H and O–H groups in total. The number of hydrogen-bond acceptors (Lipinski definition) is 6. The number of benzene rings is 3. The van der Waals surface area contributed by atoms with E-state index in [4.69, 9.17) is 11.6 Å². The minimum atomic E-state index is -0.0501. The SMILES string of the molecule is O=C(CSc1nnc(Cn2c(=O)sc3ccccc32)n1-c1ccccc1)c1ccc(Cl)cc1. The van der Waals surface area contributed by atoms with Crippen LogP contribution >= 0.6 is 34.7 Å². The van der Waals surface area contributed by atoms with E-state index in [1.165, 1.54) is 23.1 Å². The van der Waals surface area contributed by atoms with Crippen molar-refractivity contribution in [2.75, 3.05) is 5.75 Å². The second kappa shape index (κ2) is 9.35. The summed E-state index contributed by atoms with van der Waals surface area (Å²) in [7, 11) is 0. The van der Waals surface area contributed by atoms with E-state index in [2.05, 4.69) is 10.2 Å². The van der Waals surface area contributed by atoms with Gasteiger partial charge in [-0.2, -0.15) is 0 Å². The lowest BCUT2D eigenvalue weighted by Crippen LogP contribution is -2.17. The van der Waals surface area contributed by atoms with E-state index in [1.54, 1.807) is 28.8 Å². The van der Waals surface area contributed by atoms with Gasteiger partial charge in [0.25, 0.3) is 0 Å². The summed E-state index contributed by atoms with van der Waals surface area (Å²) in [5.74, 6) is 0.794. The van der Waals surface area contributed by atoms with E-state index in [0.29, 0.717) is 21.6 Å². The Bertz CT molecular complexity index is 1490. The summed E-state index contributed by atoms with van der Waals surface area (Å²) in [6.07, 6.45) is 0. The van der Waals surface area contributed by atoms with Gasteiger partial charge in [0.1, 0.15) is 0 Å². The van der Waals surface area contributed by atoms with Crippen LogP contribution in [0.15, 0.2) is 88.8 Å². The van der Waals surface area contributed by atoms with Crippen molar-refractivity contribution >= 4 is 50.7 Å². The van der Waals surface area contributed by atoms with E-state index in [9.17, 15) is 9.59 Å². The summed E-state index contributed by atoms with van der Waals surface area (Å²) < 4.78 is 4.53. The lowest BCUT2D eigenvalue weighted by molar-refractivity contribution is 0.102. The predicted octanol–water partition coefficient (Wildman–Crippen LogP) is 5.32. The van der Waals surface area contributed by atoms with E-state index in [-0.39, 0.29) is 23.0 Å². The Morgan fingerprint density at radius 2 is 1.67 bits per heavy atom. The van der Waals surface area contributed by atoms with Gasteiger partial charge in [0.2, 0.25) is 0 Å². The molecule has 0 saturated heterocycles. The zero-order chi connectivity index (χ0) is 22.8. The molecule has 0 unspecified atom stereocenters. The molecular formula is C24H17ClN4O2S2. The lowest BCUT2D eigenvalue weighted by atomic mass is 10.1. The van der Waals surface area contributed by atoms with Crippen LogP contribution in [0.2, 0.25) is 5.02 Å². The third kappa shape index (κ3) is 4.50. The minimum absolute atomic E-state index is 0.0270. The third-order valence-electron chi connectivity index (χ3n) is 5.09. The number of rotatable bonds is 7. The average Bonchev–Trinajstić information content (AvgIpc) is 3.39. The van der Waals surface area contributed by atoms with E-state index >= 15 is 0 Å². The van der Waals surface area contributed by atoms with Gasteiger partial charge in [-0.1, -0.05) is 65.0 Å². The number of halogens is 1. The molecule has 0 aliphatic carbocycles. The number of thioether (sulfide) groups is 1. The molecule has 0 amide bonds. The number of nitrogens with zero attached hydrogens (tertiary/aromatic N) is 4. The number of thiazole rings is 1. The van der Waals surface area contributed by atoms with Crippen LogP contribution in [0.1, 0.15) is 16.2 Å². The van der Waals surface area contributed by atoms with Gasteiger partial charge >= 0.3 is 4.87 Å². The maximum Gasteiger partial charge on any atom is 0.308 e. The molecule has 0 atom stereocenters. The molecule has 9 heteroatoms. The number of carbonyl (C=O) groups is 1. The van der Waals surface area contributed by atoms with Gasteiger partial charge in [0, 0.05) is 16.3 Å². The van der Waals surface area contributed by atoms with Crippen molar-refractivity contribution in [2.45, 2.75) is 11.7 Å². The largest absolute Gasteiger partial charge is 0.308 e. The van der Waals surface area contributed by atoms with Crippen LogP contribution in [-0.4, -0.2) is 30.9 Å². The topological polar surface area (TPSA) is 69.8 Å². The third-order valence-corrected chi connectivity index (χ3v) is 7.23. The second-order valence-corrected chi connectivity index (χ2v) is 9.58. The number of carbonyl (C=O) groups excluding carboxylic acids is 1. The molecule has 5 aromatic rings. The van der Waals surface area contributed by atoms with Crippen molar-refractivity contribution in [3.05, 3.63) is 105 Å². The van der Waals surface area contributed by atoms with Crippen molar-refractivity contribution in [1.29, 1.82) is 0 Å². The van der Waals surface area contributed by atoms with Crippen molar-refractivity contribution in [1.82, 2.24) is 19.3 Å². The van der Waals surface area contributed by atoms with Crippen molar-refractivity contribution in [3.63, 3.8) is 0 Å². The first-order valence-electron chi connectivity index (χ1n) is 10.1. The number of ketones is 1. The van der Waals surface area contributed by atoms with Crippen LogP contribution in [0.25, 0.3) is 15.9 Å². The van der Waals surface area contributed by atoms with Gasteiger partial charge in [-0.05, 0) is 48.5 Å². The quantitative estimate of drug-likeness (QED) is 0.227. The Labute approximate surface area is 202 Å². The Morgan fingerprint density at radius 1 is 0.939 bits per heavy atom. The number of hydrogen-bond donors (Lipinski definition) is 0. The number of para-hydroxylation sites is 2. The molecule has 6 nitrogen and oxygen atoms in total. The fraction of sp³-hybridized carbons (Fsp3) is 0.0833. The molecule has 0 aliphatic rings. The van der Waals surface area contributed by atoms with Gasteiger partial charge in [0.05, 0.1) is 22.5 Å². The van der Waals surface area contributed by atoms with Gasteiger partial charge in [0.15, 0.2) is 16.8 Å². The van der Waals surface area contributed by atoms with Gasteiger partial charge in [-0.25, -0.2) is 0 Å².